The SMILES string of the molecule is On1c(C2CC(F)(F)C2)cc2cnc(NC3CCOCC3)cc21. The molecule has 5 nitrogen and oxygen atoms in total. The summed E-state index contributed by atoms with van der Waals surface area (Å²) >= 11 is 0. The maximum atomic E-state index is 13.1. The molecule has 2 fully saturated rings. The third-order valence-electron chi connectivity index (χ3n) is 4.77. The molecule has 7 heteroatoms. The number of nitrogens with zero attached hydrogens (tertiary/aromatic N) is 2. The smallest absolute Gasteiger partial charge is 0.249 e. The van der Waals surface area contributed by atoms with Gasteiger partial charge in [0.2, 0.25) is 5.92 Å². The summed E-state index contributed by atoms with van der Waals surface area (Å²) in [6.45, 7) is 1.46. The second kappa shape index (κ2) is 5.33. The van der Waals surface area contributed by atoms with Gasteiger partial charge in [0, 0.05) is 55.7 Å². The summed E-state index contributed by atoms with van der Waals surface area (Å²) in [5.41, 5.74) is 1.13. The van der Waals surface area contributed by atoms with Crippen LogP contribution in [0, 0.1) is 0 Å². The van der Waals surface area contributed by atoms with Crippen LogP contribution in [0.15, 0.2) is 18.3 Å². The van der Waals surface area contributed by atoms with Gasteiger partial charge < -0.3 is 15.3 Å². The first-order valence-corrected chi connectivity index (χ1v) is 7.95. The summed E-state index contributed by atoms with van der Waals surface area (Å²) in [6.07, 6.45) is 3.10. The van der Waals surface area contributed by atoms with Gasteiger partial charge in [-0.15, -0.1) is 0 Å². The van der Waals surface area contributed by atoms with Crippen molar-refractivity contribution in [3.8, 4) is 0 Å². The Labute approximate surface area is 132 Å². The first-order valence-electron chi connectivity index (χ1n) is 7.95. The fourth-order valence-corrected chi connectivity index (χ4v) is 3.40. The van der Waals surface area contributed by atoms with Crippen molar-refractivity contribution >= 4 is 16.7 Å². The molecule has 2 N–H and O–H groups in total. The number of fused-ring (bicyclic) bond motifs is 1. The Kier molecular flexibility index (Phi) is 3.41. The Morgan fingerprint density at radius 2 is 2.00 bits per heavy atom. The van der Waals surface area contributed by atoms with Gasteiger partial charge >= 0.3 is 0 Å². The van der Waals surface area contributed by atoms with Crippen LogP contribution < -0.4 is 5.32 Å². The van der Waals surface area contributed by atoms with Crippen molar-refractivity contribution in [3.05, 3.63) is 24.0 Å². The van der Waals surface area contributed by atoms with Crippen molar-refractivity contribution in [1.29, 1.82) is 0 Å². The molecule has 0 amide bonds. The molecule has 2 aromatic heterocycles. The molecule has 1 saturated heterocycles. The summed E-state index contributed by atoms with van der Waals surface area (Å²) in [6, 6.07) is 3.83. The van der Waals surface area contributed by atoms with E-state index in [9.17, 15) is 14.0 Å². The largest absolute Gasteiger partial charge is 0.428 e. The number of hydrogen-bond donors (Lipinski definition) is 2. The molecule has 124 valence electrons. The van der Waals surface area contributed by atoms with Gasteiger partial charge in [-0.3, -0.25) is 0 Å². The standard InChI is InChI=1S/C16H19F2N3O2/c17-16(18)7-11(8-16)13-5-10-9-19-15(6-14(10)21(13)22)20-12-1-3-23-4-2-12/h5-6,9,11-12,22H,1-4,7-8H2,(H,19,20). The van der Waals surface area contributed by atoms with Crippen LogP contribution in [0.3, 0.4) is 0 Å². The third-order valence-corrected chi connectivity index (χ3v) is 4.77. The van der Waals surface area contributed by atoms with Gasteiger partial charge in [0.05, 0.1) is 11.2 Å². The van der Waals surface area contributed by atoms with Crippen LogP contribution in [-0.4, -0.2) is 40.1 Å². The van der Waals surface area contributed by atoms with Crippen molar-refractivity contribution in [2.24, 2.45) is 0 Å². The topological polar surface area (TPSA) is 59.3 Å². The van der Waals surface area contributed by atoms with E-state index >= 15 is 0 Å². The summed E-state index contributed by atoms with van der Waals surface area (Å²) in [5.74, 6) is -2.22. The number of pyridine rings is 1. The summed E-state index contributed by atoms with van der Waals surface area (Å²) in [5, 5.41) is 14.4. The predicted molar refractivity (Wildman–Crippen MR) is 81.3 cm³/mol. The normalized spacial score (nSPS) is 22.2. The van der Waals surface area contributed by atoms with E-state index in [2.05, 4.69) is 10.3 Å². The van der Waals surface area contributed by atoms with E-state index < -0.39 is 5.92 Å². The van der Waals surface area contributed by atoms with Crippen molar-refractivity contribution in [2.75, 3.05) is 18.5 Å². The number of nitrogens with one attached hydrogen (secondary N) is 1. The minimum atomic E-state index is -2.60. The number of anilines is 1. The molecule has 1 aliphatic heterocycles. The van der Waals surface area contributed by atoms with Crippen LogP contribution in [0.5, 0.6) is 0 Å². The van der Waals surface area contributed by atoms with Crippen molar-refractivity contribution in [1.82, 2.24) is 9.71 Å². The average molecular weight is 323 g/mol. The summed E-state index contributed by atoms with van der Waals surface area (Å²) < 4.78 is 32.5. The molecule has 0 radical (unpaired) electrons. The van der Waals surface area contributed by atoms with Crippen LogP contribution in [0.1, 0.15) is 37.3 Å². The highest BCUT2D eigenvalue weighted by atomic mass is 19.3. The number of ether oxygens (including phenoxy) is 1. The van der Waals surface area contributed by atoms with Gasteiger partial charge in [-0.05, 0) is 18.9 Å². The zero-order valence-corrected chi connectivity index (χ0v) is 12.6. The molecular formula is C16H19F2N3O2. The average Bonchev–Trinajstić information content (AvgIpc) is 2.83. The van der Waals surface area contributed by atoms with E-state index in [1.807, 2.05) is 0 Å². The minimum Gasteiger partial charge on any atom is -0.428 e. The molecule has 4 rings (SSSR count). The van der Waals surface area contributed by atoms with Crippen LogP contribution in [0.25, 0.3) is 10.9 Å². The maximum absolute atomic E-state index is 13.1. The molecule has 0 atom stereocenters. The highest BCUT2D eigenvalue weighted by molar-refractivity contribution is 5.82. The quantitative estimate of drug-likeness (QED) is 0.850. The van der Waals surface area contributed by atoms with Gasteiger partial charge in [-0.25, -0.2) is 13.8 Å². The van der Waals surface area contributed by atoms with Gasteiger partial charge in [-0.1, -0.05) is 0 Å². The monoisotopic (exact) mass is 323 g/mol. The van der Waals surface area contributed by atoms with E-state index in [4.69, 9.17) is 4.74 Å². The third kappa shape index (κ3) is 2.73. The number of rotatable bonds is 3. The van der Waals surface area contributed by atoms with Gasteiger partial charge in [0.1, 0.15) is 5.82 Å². The lowest BCUT2D eigenvalue weighted by molar-refractivity contribution is -0.0901. The Morgan fingerprint density at radius 1 is 1.26 bits per heavy atom. The van der Waals surface area contributed by atoms with Crippen LogP contribution in [0.2, 0.25) is 0 Å². The highest BCUT2D eigenvalue weighted by Crippen LogP contribution is 2.49. The lowest BCUT2D eigenvalue weighted by atomic mass is 9.79. The summed E-state index contributed by atoms with van der Waals surface area (Å²) in [4.78, 5) is 4.36. The first-order chi connectivity index (χ1) is 11.0. The molecule has 1 saturated carbocycles. The fourth-order valence-electron chi connectivity index (χ4n) is 3.40. The molecule has 23 heavy (non-hydrogen) atoms. The van der Waals surface area contributed by atoms with Crippen LogP contribution in [0.4, 0.5) is 14.6 Å². The van der Waals surface area contributed by atoms with Crippen molar-refractivity contribution in [3.63, 3.8) is 0 Å². The van der Waals surface area contributed by atoms with E-state index in [0.717, 1.165) is 36.2 Å². The lowest BCUT2D eigenvalue weighted by Crippen LogP contribution is -2.34. The molecule has 0 aromatic carbocycles. The van der Waals surface area contributed by atoms with E-state index in [1.165, 1.54) is 0 Å². The molecule has 2 aromatic rings. The van der Waals surface area contributed by atoms with Crippen LogP contribution in [-0.2, 0) is 4.74 Å². The van der Waals surface area contributed by atoms with Gasteiger partial charge in [-0.2, -0.15) is 4.73 Å². The van der Waals surface area contributed by atoms with Gasteiger partial charge in [0.25, 0.3) is 0 Å². The second-order valence-electron chi connectivity index (χ2n) is 6.50. The molecular weight excluding hydrogens is 304 g/mol. The Balaban J connectivity index is 1.57. The number of alkyl halides is 2. The van der Waals surface area contributed by atoms with Crippen molar-refractivity contribution in [2.45, 2.75) is 43.6 Å². The molecule has 0 bridgehead atoms. The zero-order valence-electron chi connectivity index (χ0n) is 12.6. The molecule has 3 heterocycles. The highest BCUT2D eigenvalue weighted by Gasteiger charge is 2.47. The zero-order chi connectivity index (χ0) is 16.0. The Morgan fingerprint density at radius 3 is 2.70 bits per heavy atom. The Bertz CT molecular complexity index is 717. The van der Waals surface area contributed by atoms with Crippen molar-refractivity contribution < 1.29 is 18.7 Å². The summed E-state index contributed by atoms with van der Waals surface area (Å²) in [7, 11) is 0. The lowest BCUT2D eigenvalue weighted by Gasteiger charge is -2.34. The molecule has 2 aliphatic rings. The van der Waals surface area contributed by atoms with E-state index in [1.54, 1.807) is 18.3 Å². The van der Waals surface area contributed by atoms with E-state index in [-0.39, 0.29) is 18.8 Å². The number of halogens is 2. The first kappa shape index (κ1) is 14.7. The predicted octanol–water partition coefficient (Wildman–Crippen LogP) is 3.38. The second-order valence-corrected chi connectivity index (χ2v) is 6.50. The van der Waals surface area contributed by atoms with Gasteiger partial charge in [0.15, 0.2) is 0 Å². The minimum absolute atomic E-state index is 0.204. The Hall–Kier alpha value is -1.89. The molecule has 0 spiro atoms. The maximum Gasteiger partial charge on any atom is 0.249 e. The number of aromatic nitrogens is 2. The number of hydrogen-bond acceptors (Lipinski definition) is 4. The molecule has 0 unspecified atom stereocenters. The molecule has 1 aliphatic carbocycles. The fraction of sp³-hybridized carbons (Fsp3) is 0.562. The van der Waals surface area contributed by atoms with E-state index in [0.29, 0.717) is 23.1 Å². The van der Waals surface area contributed by atoms with Crippen LogP contribution >= 0.6 is 0 Å².